The van der Waals surface area contributed by atoms with E-state index in [1.165, 1.54) is 18.9 Å². The summed E-state index contributed by atoms with van der Waals surface area (Å²) in [6.07, 6.45) is 4.66. The Kier molecular flexibility index (Phi) is 6.46. The van der Waals surface area contributed by atoms with Crippen molar-refractivity contribution in [3.63, 3.8) is 0 Å². The Morgan fingerprint density at radius 3 is 2.86 bits per heavy atom. The Morgan fingerprint density at radius 1 is 1.38 bits per heavy atom. The number of rotatable bonds is 5. The number of hydrogen-bond acceptors (Lipinski definition) is 2. The zero-order valence-corrected chi connectivity index (χ0v) is 13.8. The van der Waals surface area contributed by atoms with Gasteiger partial charge in [0.15, 0.2) is 0 Å². The number of halogens is 2. The van der Waals surface area contributed by atoms with E-state index < -0.39 is 0 Å². The predicted molar refractivity (Wildman–Crippen MR) is 87.3 cm³/mol. The third-order valence-electron chi connectivity index (χ3n) is 4.37. The first-order valence-corrected chi connectivity index (χ1v) is 8.38. The average Bonchev–Trinajstić information content (AvgIpc) is 2.63. The summed E-state index contributed by atoms with van der Waals surface area (Å²) in [6.45, 7) is 5.19. The highest BCUT2D eigenvalue weighted by molar-refractivity contribution is 6.30. The minimum absolute atomic E-state index is 0.150. The van der Waals surface area contributed by atoms with E-state index in [4.69, 9.17) is 11.6 Å². The van der Waals surface area contributed by atoms with Gasteiger partial charge in [-0.25, -0.2) is 4.39 Å². The second-order valence-electron chi connectivity index (χ2n) is 5.96. The SMILES string of the molecule is CCCN1CCCCC(CNC)C1c1ccc(Cl)cc1F. The molecule has 1 saturated heterocycles. The van der Waals surface area contributed by atoms with Crippen LogP contribution in [0.5, 0.6) is 0 Å². The van der Waals surface area contributed by atoms with Crippen molar-refractivity contribution < 1.29 is 4.39 Å². The third kappa shape index (κ3) is 4.18. The minimum atomic E-state index is -0.170. The Bertz CT molecular complexity index is 436. The Balaban J connectivity index is 2.37. The van der Waals surface area contributed by atoms with E-state index in [9.17, 15) is 4.39 Å². The molecular formula is C17H26ClFN2. The van der Waals surface area contributed by atoms with Gasteiger partial charge in [-0.1, -0.05) is 31.0 Å². The van der Waals surface area contributed by atoms with Gasteiger partial charge in [-0.15, -0.1) is 0 Å². The van der Waals surface area contributed by atoms with Crippen LogP contribution in [0.4, 0.5) is 4.39 Å². The molecule has 0 saturated carbocycles. The molecule has 1 aromatic carbocycles. The summed E-state index contributed by atoms with van der Waals surface area (Å²) in [5, 5.41) is 3.75. The molecule has 0 aromatic heterocycles. The largest absolute Gasteiger partial charge is 0.319 e. The lowest BCUT2D eigenvalue weighted by molar-refractivity contribution is 0.151. The fourth-order valence-electron chi connectivity index (χ4n) is 3.52. The van der Waals surface area contributed by atoms with Crippen LogP contribution in [-0.4, -0.2) is 31.6 Å². The van der Waals surface area contributed by atoms with Crippen molar-refractivity contribution in [3.05, 3.63) is 34.6 Å². The van der Waals surface area contributed by atoms with Crippen LogP contribution in [0.3, 0.4) is 0 Å². The molecule has 0 amide bonds. The summed E-state index contributed by atoms with van der Waals surface area (Å²) in [5.74, 6) is 0.274. The van der Waals surface area contributed by atoms with Gasteiger partial charge in [0.1, 0.15) is 5.82 Å². The molecule has 1 heterocycles. The maximum Gasteiger partial charge on any atom is 0.129 e. The normalized spacial score (nSPS) is 24.0. The second-order valence-corrected chi connectivity index (χ2v) is 6.40. The zero-order valence-electron chi connectivity index (χ0n) is 13.0. The van der Waals surface area contributed by atoms with Gasteiger partial charge >= 0.3 is 0 Å². The first-order chi connectivity index (χ1) is 10.2. The molecule has 1 aliphatic rings. The lowest BCUT2D eigenvalue weighted by Crippen LogP contribution is -2.37. The summed E-state index contributed by atoms with van der Waals surface area (Å²) >= 11 is 5.92. The van der Waals surface area contributed by atoms with Crippen molar-refractivity contribution >= 4 is 11.6 Å². The third-order valence-corrected chi connectivity index (χ3v) is 4.60. The molecule has 1 aromatic rings. The Labute approximate surface area is 132 Å². The standard InChI is InChI=1S/C17H26ClFN2/c1-3-9-21-10-5-4-6-13(12-20-2)17(21)15-8-7-14(18)11-16(15)19/h7-8,11,13,17,20H,3-6,9-10,12H2,1-2H3. The fraction of sp³-hybridized carbons (Fsp3) is 0.647. The molecule has 2 nitrogen and oxygen atoms in total. The van der Waals surface area contributed by atoms with Crippen molar-refractivity contribution in [1.29, 1.82) is 0 Å². The van der Waals surface area contributed by atoms with Gasteiger partial charge in [-0.2, -0.15) is 0 Å². The summed E-state index contributed by atoms with van der Waals surface area (Å²) in [5.41, 5.74) is 0.801. The predicted octanol–water partition coefficient (Wildman–Crippen LogP) is 4.25. The van der Waals surface area contributed by atoms with Gasteiger partial charge in [0.2, 0.25) is 0 Å². The van der Waals surface area contributed by atoms with E-state index in [2.05, 4.69) is 17.1 Å². The number of likely N-dealkylation sites (tertiary alicyclic amines) is 1. The molecule has 1 N–H and O–H groups in total. The van der Waals surface area contributed by atoms with E-state index in [1.54, 1.807) is 0 Å². The van der Waals surface area contributed by atoms with E-state index in [0.717, 1.165) is 38.0 Å². The fourth-order valence-corrected chi connectivity index (χ4v) is 3.68. The molecule has 4 heteroatoms. The van der Waals surface area contributed by atoms with Crippen molar-refractivity contribution in [3.8, 4) is 0 Å². The number of benzene rings is 1. The topological polar surface area (TPSA) is 15.3 Å². The van der Waals surface area contributed by atoms with E-state index >= 15 is 0 Å². The number of nitrogens with zero attached hydrogens (tertiary/aromatic N) is 1. The first-order valence-electron chi connectivity index (χ1n) is 8.01. The molecule has 0 radical (unpaired) electrons. The van der Waals surface area contributed by atoms with Gasteiger partial charge in [0.25, 0.3) is 0 Å². The highest BCUT2D eigenvalue weighted by Crippen LogP contribution is 2.36. The Hall–Kier alpha value is -0.640. The maximum atomic E-state index is 14.5. The van der Waals surface area contributed by atoms with Crippen LogP contribution in [-0.2, 0) is 0 Å². The summed E-state index contributed by atoms with van der Waals surface area (Å²) in [6, 6.07) is 5.28. The van der Waals surface area contributed by atoms with E-state index in [-0.39, 0.29) is 11.9 Å². The van der Waals surface area contributed by atoms with Gasteiger partial charge in [-0.3, -0.25) is 4.90 Å². The first kappa shape index (κ1) is 16.7. The molecule has 118 valence electrons. The lowest BCUT2D eigenvalue weighted by Gasteiger charge is -2.35. The van der Waals surface area contributed by atoms with Gasteiger partial charge in [0.05, 0.1) is 0 Å². The highest BCUT2D eigenvalue weighted by Gasteiger charge is 2.32. The summed E-state index contributed by atoms with van der Waals surface area (Å²) in [7, 11) is 1.98. The van der Waals surface area contributed by atoms with Crippen LogP contribution < -0.4 is 5.32 Å². The van der Waals surface area contributed by atoms with Crippen LogP contribution >= 0.6 is 11.6 Å². The molecule has 21 heavy (non-hydrogen) atoms. The van der Waals surface area contributed by atoms with Crippen molar-refractivity contribution in [2.45, 2.75) is 38.6 Å². The molecular weight excluding hydrogens is 287 g/mol. The van der Waals surface area contributed by atoms with Gasteiger partial charge in [0, 0.05) is 16.6 Å². The molecule has 0 bridgehead atoms. The molecule has 1 aliphatic heterocycles. The van der Waals surface area contributed by atoms with E-state index in [0.29, 0.717) is 10.9 Å². The summed E-state index contributed by atoms with van der Waals surface area (Å²) in [4.78, 5) is 2.46. The molecule has 2 rings (SSSR count). The van der Waals surface area contributed by atoms with Crippen LogP contribution in [0.15, 0.2) is 18.2 Å². The van der Waals surface area contributed by atoms with Crippen LogP contribution in [0, 0.1) is 11.7 Å². The van der Waals surface area contributed by atoms with Crippen LogP contribution in [0.2, 0.25) is 5.02 Å². The molecule has 0 aliphatic carbocycles. The zero-order chi connectivity index (χ0) is 15.2. The summed E-state index contributed by atoms with van der Waals surface area (Å²) < 4.78 is 14.5. The maximum absolute atomic E-state index is 14.5. The second kappa shape index (κ2) is 8.11. The molecule has 2 unspecified atom stereocenters. The molecule has 1 fully saturated rings. The number of nitrogens with one attached hydrogen (secondary N) is 1. The molecule has 2 atom stereocenters. The van der Waals surface area contributed by atoms with Gasteiger partial charge in [-0.05, 0) is 64.0 Å². The van der Waals surface area contributed by atoms with Crippen LogP contribution in [0.25, 0.3) is 0 Å². The quantitative estimate of drug-likeness (QED) is 0.874. The van der Waals surface area contributed by atoms with Crippen molar-refractivity contribution in [2.24, 2.45) is 5.92 Å². The monoisotopic (exact) mass is 312 g/mol. The Morgan fingerprint density at radius 2 is 2.19 bits per heavy atom. The van der Waals surface area contributed by atoms with Crippen molar-refractivity contribution in [1.82, 2.24) is 10.2 Å². The lowest BCUT2D eigenvalue weighted by atomic mass is 9.88. The average molecular weight is 313 g/mol. The number of hydrogen-bond donors (Lipinski definition) is 1. The minimum Gasteiger partial charge on any atom is -0.319 e. The van der Waals surface area contributed by atoms with Crippen LogP contribution in [0.1, 0.15) is 44.2 Å². The van der Waals surface area contributed by atoms with Crippen molar-refractivity contribution in [2.75, 3.05) is 26.7 Å². The molecule has 0 spiro atoms. The smallest absolute Gasteiger partial charge is 0.129 e. The van der Waals surface area contributed by atoms with Gasteiger partial charge < -0.3 is 5.32 Å². The van der Waals surface area contributed by atoms with E-state index in [1.807, 2.05) is 19.2 Å². The highest BCUT2D eigenvalue weighted by atomic mass is 35.5.